The molecule has 1 N–H and O–H groups in total. The van der Waals surface area contributed by atoms with E-state index >= 15 is 0 Å². The fourth-order valence-electron chi connectivity index (χ4n) is 1.09. The second-order valence-electron chi connectivity index (χ2n) is 2.49. The summed E-state index contributed by atoms with van der Waals surface area (Å²) in [6, 6.07) is 2.99. The van der Waals surface area contributed by atoms with Crippen molar-refractivity contribution >= 4 is 16.4 Å². The largest absolute Gasteiger partial charge is 0.506 e. The molecule has 0 unspecified atom stereocenters. The van der Waals surface area contributed by atoms with E-state index in [4.69, 9.17) is 5.11 Å². The van der Waals surface area contributed by atoms with Gasteiger partial charge in [0.05, 0.1) is 12.4 Å². The highest BCUT2D eigenvalue weighted by atomic mass is 32.2. The zero-order valence-corrected chi connectivity index (χ0v) is 7.31. The van der Waals surface area contributed by atoms with Crippen LogP contribution in [0.3, 0.4) is 0 Å². The SMILES string of the molecule is O=[SH](=O)c1cnc2ccc(O)cn12. The first-order chi connectivity index (χ1) is 6.18. The topological polar surface area (TPSA) is 71.7 Å². The minimum atomic E-state index is -2.68. The lowest BCUT2D eigenvalue weighted by atomic mass is 10.4. The standard InChI is InChI=1S/C7H6N2O3S/c10-5-1-2-6-8-3-7(13(11)12)9(6)4-5/h1-4,10,13H. The van der Waals surface area contributed by atoms with Gasteiger partial charge in [0.1, 0.15) is 11.4 Å². The molecule has 0 aliphatic rings. The number of hydrogen-bond donors (Lipinski definition) is 2. The van der Waals surface area contributed by atoms with Gasteiger partial charge in [-0.3, -0.25) is 4.40 Å². The third kappa shape index (κ3) is 1.25. The Kier molecular flexibility index (Phi) is 1.70. The van der Waals surface area contributed by atoms with E-state index in [0.29, 0.717) is 5.65 Å². The van der Waals surface area contributed by atoms with Gasteiger partial charge in [0.2, 0.25) is 0 Å². The van der Waals surface area contributed by atoms with E-state index < -0.39 is 10.7 Å². The molecule has 0 atom stereocenters. The van der Waals surface area contributed by atoms with Crippen LogP contribution in [0.4, 0.5) is 0 Å². The van der Waals surface area contributed by atoms with Crippen LogP contribution in [0.2, 0.25) is 0 Å². The molecule has 0 amide bonds. The normalized spacial score (nSPS) is 11.2. The summed E-state index contributed by atoms with van der Waals surface area (Å²) in [5, 5.41) is 9.18. The first-order valence-electron chi connectivity index (χ1n) is 3.49. The van der Waals surface area contributed by atoms with Gasteiger partial charge in [0, 0.05) is 0 Å². The van der Waals surface area contributed by atoms with E-state index in [1.54, 1.807) is 0 Å². The van der Waals surface area contributed by atoms with Crippen LogP contribution in [0.25, 0.3) is 5.65 Å². The monoisotopic (exact) mass is 198 g/mol. The second kappa shape index (κ2) is 2.74. The van der Waals surface area contributed by atoms with Crippen molar-refractivity contribution in [1.29, 1.82) is 0 Å². The Morgan fingerprint density at radius 3 is 2.85 bits per heavy atom. The molecule has 0 saturated carbocycles. The summed E-state index contributed by atoms with van der Waals surface area (Å²) < 4.78 is 22.7. The number of thiol groups is 1. The lowest BCUT2D eigenvalue weighted by molar-refractivity contribution is 0.471. The maximum atomic E-state index is 10.7. The first-order valence-corrected chi connectivity index (χ1v) is 4.67. The smallest absolute Gasteiger partial charge is 0.185 e. The highest BCUT2D eigenvalue weighted by Gasteiger charge is 2.04. The quantitative estimate of drug-likeness (QED) is 0.633. The van der Waals surface area contributed by atoms with Gasteiger partial charge in [-0.25, -0.2) is 13.4 Å². The van der Waals surface area contributed by atoms with Crippen molar-refractivity contribution in [1.82, 2.24) is 9.38 Å². The summed E-state index contributed by atoms with van der Waals surface area (Å²) >= 11 is 0. The molecule has 6 heteroatoms. The summed E-state index contributed by atoms with van der Waals surface area (Å²) in [6.45, 7) is 0. The number of rotatable bonds is 1. The molecule has 0 aliphatic carbocycles. The predicted octanol–water partition coefficient (Wildman–Crippen LogP) is 0.0102. The summed E-state index contributed by atoms with van der Waals surface area (Å²) in [5.41, 5.74) is 0.493. The molecule has 2 heterocycles. The fraction of sp³-hybridized carbons (Fsp3) is 0. The Morgan fingerprint density at radius 2 is 2.15 bits per heavy atom. The van der Waals surface area contributed by atoms with Crippen LogP contribution in [-0.4, -0.2) is 22.9 Å². The van der Waals surface area contributed by atoms with Crippen molar-refractivity contribution in [2.24, 2.45) is 0 Å². The van der Waals surface area contributed by atoms with Crippen LogP contribution in [-0.2, 0) is 10.7 Å². The van der Waals surface area contributed by atoms with E-state index in [1.807, 2.05) is 0 Å². The number of imidazole rings is 1. The predicted molar refractivity (Wildman–Crippen MR) is 45.4 cm³/mol. The molecule has 68 valence electrons. The van der Waals surface area contributed by atoms with Crippen LogP contribution in [0.5, 0.6) is 5.75 Å². The van der Waals surface area contributed by atoms with Gasteiger partial charge >= 0.3 is 0 Å². The van der Waals surface area contributed by atoms with E-state index in [2.05, 4.69) is 4.98 Å². The maximum Gasteiger partial charge on any atom is 0.185 e. The Bertz CT molecular complexity index is 522. The minimum Gasteiger partial charge on any atom is -0.506 e. The van der Waals surface area contributed by atoms with Gasteiger partial charge in [0.25, 0.3) is 0 Å². The van der Waals surface area contributed by atoms with Gasteiger partial charge in [-0.2, -0.15) is 0 Å². The zero-order chi connectivity index (χ0) is 9.42. The van der Waals surface area contributed by atoms with E-state index in [0.717, 1.165) is 0 Å². The minimum absolute atomic E-state index is 0.00333. The molecule has 0 fully saturated rings. The van der Waals surface area contributed by atoms with Crippen molar-refractivity contribution in [3.05, 3.63) is 24.5 Å². The summed E-state index contributed by atoms with van der Waals surface area (Å²) in [5.74, 6) is 0.00333. The van der Waals surface area contributed by atoms with Gasteiger partial charge in [-0.05, 0) is 12.1 Å². The zero-order valence-electron chi connectivity index (χ0n) is 6.41. The molecule has 0 radical (unpaired) electrons. The van der Waals surface area contributed by atoms with Crippen LogP contribution < -0.4 is 0 Å². The van der Waals surface area contributed by atoms with Crippen LogP contribution in [0.1, 0.15) is 0 Å². The average molecular weight is 198 g/mol. The molecule has 2 aromatic rings. The second-order valence-corrected chi connectivity index (χ2v) is 3.46. The molecule has 0 saturated heterocycles. The van der Waals surface area contributed by atoms with Crippen molar-refractivity contribution < 1.29 is 13.5 Å². The van der Waals surface area contributed by atoms with Crippen molar-refractivity contribution in [2.75, 3.05) is 0 Å². The Morgan fingerprint density at radius 1 is 1.38 bits per heavy atom. The van der Waals surface area contributed by atoms with Gasteiger partial charge < -0.3 is 5.11 Å². The molecular formula is C7H6N2O3S. The molecule has 2 aromatic heterocycles. The Balaban J connectivity index is 2.86. The molecule has 13 heavy (non-hydrogen) atoms. The fourth-order valence-corrected chi connectivity index (χ4v) is 1.58. The number of aromatic hydroxyl groups is 1. The summed E-state index contributed by atoms with van der Waals surface area (Å²) in [4.78, 5) is 3.85. The number of pyridine rings is 1. The van der Waals surface area contributed by atoms with Crippen LogP contribution in [0, 0.1) is 0 Å². The molecule has 0 spiro atoms. The van der Waals surface area contributed by atoms with E-state index in [9.17, 15) is 8.42 Å². The van der Waals surface area contributed by atoms with Crippen molar-refractivity contribution in [3.63, 3.8) is 0 Å². The molecule has 0 aliphatic heterocycles. The first kappa shape index (κ1) is 8.06. The Labute approximate surface area is 75.2 Å². The Hall–Kier alpha value is -1.56. The number of nitrogens with zero attached hydrogens (tertiary/aromatic N) is 2. The summed E-state index contributed by atoms with van der Waals surface area (Å²) in [7, 11) is -2.68. The molecule has 0 aromatic carbocycles. The molecular weight excluding hydrogens is 192 g/mol. The van der Waals surface area contributed by atoms with Gasteiger partial charge in [0.15, 0.2) is 15.7 Å². The van der Waals surface area contributed by atoms with Gasteiger partial charge in [-0.15, -0.1) is 0 Å². The molecule has 0 bridgehead atoms. The molecule has 5 nitrogen and oxygen atoms in total. The van der Waals surface area contributed by atoms with E-state index in [1.165, 1.54) is 28.9 Å². The maximum absolute atomic E-state index is 10.7. The number of fused-ring (bicyclic) bond motifs is 1. The van der Waals surface area contributed by atoms with Gasteiger partial charge in [-0.1, -0.05) is 0 Å². The van der Waals surface area contributed by atoms with E-state index in [-0.39, 0.29) is 10.8 Å². The third-order valence-electron chi connectivity index (χ3n) is 1.66. The van der Waals surface area contributed by atoms with Crippen molar-refractivity contribution in [2.45, 2.75) is 5.03 Å². The lowest BCUT2D eigenvalue weighted by Crippen LogP contribution is -1.89. The average Bonchev–Trinajstić information content (AvgIpc) is 2.46. The number of hydrogen-bond acceptors (Lipinski definition) is 4. The highest BCUT2D eigenvalue weighted by Crippen LogP contribution is 2.13. The number of aromatic nitrogens is 2. The lowest BCUT2D eigenvalue weighted by Gasteiger charge is -1.95. The van der Waals surface area contributed by atoms with Crippen molar-refractivity contribution in [3.8, 4) is 5.75 Å². The molecule has 2 rings (SSSR count). The third-order valence-corrected chi connectivity index (χ3v) is 2.36. The van der Waals surface area contributed by atoms with Crippen LogP contribution >= 0.6 is 0 Å². The highest BCUT2D eigenvalue weighted by molar-refractivity contribution is 7.72. The van der Waals surface area contributed by atoms with Crippen LogP contribution in [0.15, 0.2) is 29.6 Å². The summed E-state index contributed by atoms with van der Waals surface area (Å²) in [6.07, 6.45) is 2.56.